The summed E-state index contributed by atoms with van der Waals surface area (Å²) in [7, 11) is -3.58. The molecule has 0 heterocycles. The largest absolute Gasteiger partial charge is 0.218 e. The summed E-state index contributed by atoms with van der Waals surface area (Å²) >= 11 is 13.2. The predicted molar refractivity (Wildman–Crippen MR) is 89.1 cm³/mol. The maximum absolute atomic E-state index is 12.6. The van der Waals surface area contributed by atoms with Gasteiger partial charge in [0.05, 0.1) is 9.37 Å². The molecule has 0 radical (unpaired) electrons. The molecule has 0 bridgehead atoms. The average molecular weight is 534 g/mol. The summed E-state index contributed by atoms with van der Waals surface area (Å²) in [6.07, 6.45) is 0. The summed E-state index contributed by atoms with van der Waals surface area (Å²) in [5, 5.41) is 0. The number of halogens is 4. The lowest BCUT2D eigenvalue weighted by atomic mass is 10.4. The van der Waals surface area contributed by atoms with Gasteiger partial charge in [0.1, 0.15) is 4.90 Å². The zero-order chi connectivity index (χ0) is 14.2. The van der Waals surface area contributed by atoms with Crippen molar-refractivity contribution in [2.24, 2.45) is 0 Å². The fourth-order valence-corrected chi connectivity index (χ4v) is 5.83. The van der Waals surface area contributed by atoms with Crippen LogP contribution in [0, 0.1) is 0 Å². The van der Waals surface area contributed by atoms with Crippen LogP contribution in [0.25, 0.3) is 0 Å². The Labute approximate surface area is 145 Å². The Morgan fingerprint density at radius 3 is 1.84 bits per heavy atom. The third-order valence-corrected chi connectivity index (χ3v) is 7.98. The van der Waals surface area contributed by atoms with Crippen molar-refractivity contribution < 1.29 is 8.42 Å². The van der Waals surface area contributed by atoms with Crippen LogP contribution in [0.4, 0.5) is 0 Å². The molecule has 0 fully saturated rings. The predicted octanol–water partition coefficient (Wildman–Crippen LogP) is 5.57. The van der Waals surface area contributed by atoms with Gasteiger partial charge in [-0.25, -0.2) is 8.42 Å². The lowest BCUT2D eigenvalue weighted by Gasteiger charge is -2.10. The van der Waals surface area contributed by atoms with Crippen LogP contribution >= 0.6 is 63.7 Å². The first-order valence-corrected chi connectivity index (χ1v) is 9.63. The first-order valence-electron chi connectivity index (χ1n) is 4.98. The Morgan fingerprint density at radius 2 is 1.26 bits per heavy atom. The van der Waals surface area contributed by atoms with Gasteiger partial charge in [-0.05, 0) is 84.2 Å². The van der Waals surface area contributed by atoms with E-state index < -0.39 is 9.84 Å². The zero-order valence-electron chi connectivity index (χ0n) is 9.20. The van der Waals surface area contributed by atoms with Crippen molar-refractivity contribution in [3.8, 4) is 0 Å². The third kappa shape index (κ3) is 3.15. The summed E-state index contributed by atoms with van der Waals surface area (Å²) in [5.74, 6) is 0. The van der Waals surface area contributed by atoms with Gasteiger partial charge in [-0.3, -0.25) is 0 Å². The normalized spacial score (nSPS) is 11.6. The maximum Gasteiger partial charge on any atom is 0.208 e. The van der Waals surface area contributed by atoms with Crippen molar-refractivity contribution in [1.82, 2.24) is 0 Å². The molecule has 0 atom stereocenters. The Balaban J connectivity index is 2.70. The van der Waals surface area contributed by atoms with Gasteiger partial charge in [0.15, 0.2) is 0 Å². The van der Waals surface area contributed by atoms with Gasteiger partial charge in [-0.1, -0.05) is 15.9 Å². The van der Waals surface area contributed by atoms with Crippen LogP contribution in [0.2, 0.25) is 0 Å². The molecule has 19 heavy (non-hydrogen) atoms. The van der Waals surface area contributed by atoms with E-state index >= 15 is 0 Å². The molecule has 2 aromatic carbocycles. The van der Waals surface area contributed by atoms with Crippen LogP contribution in [0.3, 0.4) is 0 Å². The van der Waals surface area contributed by atoms with E-state index in [-0.39, 0.29) is 9.79 Å². The molecule has 2 nitrogen and oxygen atoms in total. The summed E-state index contributed by atoms with van der Waals surface area (Å²) in [6.45, 7) is 0. The van der Waals surface area contributed by atoms with E-state index in [2.05, 4.69) is 63.7 Å². The summed E-state index contributed by atoms with van der Waals surface area (Å²) in [6, 6.07) is 10.0. The summed E-state index contributed by atoms with van der Waals surface area (Å²) < 4.78 is 27.8. The van der Waals surface area contributed by atoms with Gasteiger partial charge in [-0.15, -0.1) is 0 Å². The second kappa shape index (κ2) is 5.97. The van der Waals surface area contributed by atoms with Crippen LogP contribution in [0.1, 0.15) is 0 Å². The molecule has 2 rings (SSSR count). The first kappa shape index (κ1) is 15.7. The minimum absolute atomic E-state index is 0.212. The van der Waals surface area contributed by atoms with Crippen LogP contribution in [0.5, 0.6) is 0 Å². The second-order valence-electron chi connectivity index (χ2n) is 3.63. The van der Waals surface area contributed by atoms with Gasteiger partial charge in [0.25, 0.3) is 0 Å². The molecule has 100 valence electrons. The standard InChI is InChI=1S/C12H6Br4O2S/c13-7-1-3-8(4-2-7)19(17,18)12-10(15)6-5-9(14)11(12)16/h1-6H. The number of benzene rings is 2. The molecule has 0 spiro atoms. The second-order valence-corrected chi connectivity index (χ2v) is 8.93. The lowest BCUT2D eigenvalue weighted by molar-refractivity contribution is 0.595. The van der Waals surface area contributed by atoms with E-state index in [1.165, 1.54) is 0 Å². The Hall–Kier alpha value is 0.310. The van der Waals surface area contributed by atoms with Crippen LogP contribution in [-0.2, 0) is 9.84 Å². The van der Waals surface area contributed by atoms with Crippen LogP contribution in [0.15, 0.2) is 64.1 Å². The number of hydrogen-bond donors (Lipinski definition) is 0. The van der Waals surface area contributed by atoms with Crippen LogP contribution < -0.4 is 0 Å². The number of sulfone groups is 1. The highest BCUT2D eigenvalue weighted by atomic mass is 79.9. The van der Waals surface area contributed by atoms with E-state index in [0.29, 0.717) is 13.4 Å². The van der Waals surface area contributed by atoms with Gasteiger partial charge in [0, 0.05) is 13.4 Å². The summed E-state index contributed by atoms with van der Waals surface area (Å²) in [5.41, 5.74) is 0. The van der Waals surface area contributed by atoms with Gasteiger partial charge < -0.3 is 0 Å². The quantitative estimate of drug-likeness (QED) is 0.473. The molecular formula is C12H6Br4O2S. The Kier molecular flexibility index (Phi) is 4.93. The van der Waals surface area contributed by atoms with Crippen molar-refractivity contribution in [2.45, 2.75) is 9.79 Å². The van der Waals surface area contributed by atoms with E-state index in [0.717, 1.165) is 4.47 Å². The SMILES string of the molecule is O=S(=O)(c1ccc(Br)cc1)c1c(Br)ccc(Br)c1Br. The Morgan fingerprint density at radius 1 is 0.737 bits per heavy atom. The third-order valence-electron chi connectivity index (χ3n) is 2.39. The monoisotopic (exact) mass is 530 g/mol. The molecule has 0 amide bonds. The number of hydrogen-bond acceptors (Lipinski definition) is 2. The fourth-order valence-electron chi connectivity index (χ4n) is 1.49. The fraction of sp³-hybridized carbons (Fsp3) is 0. The van der Waals surface area contributed by atoms with Crippen LogP contribution in [-0.4, -0.2) is 8.42 Å². The molecule has 0 aromatic heterocycles. The van der Waals surface area contributed by atoms with Crippen molar-refractivity contribution >= 4 is 73.6 Å². The van der Waals surface area contributed by atoms with Crippen molar-refractivity contribution in [2.75, 3.05) is 0 Å². The van der Waals surface area contributed by atoms with Crippen molar-refractivity contribution in [3.63, 3.8) is 0 Å². The minimum Gasteiger partial charge on any atom is -0.218 e. The molecule has 0 saturated heterocycles. The lowest BCUT2D eigenvalue weighted by Crippen LogP contribution is -2.04. The molecule has 0 saturated carbocycles. The molecule has 7 heteroatoms. The molecule has 0 aliphatic heterocycles. The minimum atomic E-state index is -3.58. The topological polar surface area (TPSA) is 34.1 Å². The van der Waals surface area contributed by atoms with Gasteiger partial charge in [-0.2, -0.15) is 0 Å². The molecule has 2 aromatic rings. The number of rotatable bonds is 2. The molecular weight excluding hydrogens is 528 g/mol. The van der Waals surface area contributed by atoms with Gasteiger partial charge >= 0.3 is 0 Å². The van der Waals surface area contributed by atoms with Crippen molar-refractivity contribution in [3.05, 3.63) is 54.3 Å². The smallest absolute Gasteiger partial charge is 0.208 e. The van der Waals surface area contributed by atoms with Gasteiger partial charge in [0.2, 0.25) is 9.84 Å². The highest BCUT2D eigenvalue weighted by Crippen LogP contribution is 2.38. The molecule has 0 aliphatic rings. The molecule has 0 N–H and O–H groups in total. The highest BCUT2D eigenvalue weighted by Gasteiger charge is 2.24. The first-order chi connectivity index (χ1) is 8.84. The zero-order valence-corrected chi connectivity index (χ0v) is 16.4. The van der Waals surface area contributed by atoms with E-state index in [4.69, 9.17) is 0 Å². The molecule has 0 aliphatic carbocycles. The highest BCUT2D eigenvalue weighted by molar-refractivity contribution is 9.13. The average Bonchev–Trinajstić information content (AvgIpc) is 2.34. The van der Waals surface area contributed by atoms with Crippen molar-refractivity contribution in [1.29, 1.82) is 0 Å². The Bertz CT molecular complexity index is 724. The van der Waals surface area contributed by atoms with E-state index in [1.54, 1.807) is 36.4 Å². The maximum atomic E-state index is 12.6. The summed E-state index contributed by atoms with van der Waals surface area (Å²) in [4.78, 5) is 0.458. The molecule has 0 unspecified atom stereocenters. The van der Waals surface area contributed by atoms with E-state index in [9.17, 15) is 8.42 Å². The van der Waals surface area contributed by atoms with E-state index in [1.807, 2.05) is 0 Å².